The second-order valence-electron chi connectivity index (χ2n) is 10.2. The Morgan fingerprint density at radius 1 is 0.632 bits per heavy atom. The van der Waals surface area contributed by atoms with Gasteiger partial charge in [-0.1, -0.05) is 78.4 Å². The highest BCUT2D eigenvalue weighted by Crippen LogP contribution is 2.20. The predicted octanol–water partition coefficient (Wildman–Crippen LogP) is 6.37. The molecule has 0 saturated heterocycles. The summed E-state index contributed by atoms with van der Waals surface area (Å²) in [6.07, 6.45) is 5.73. The van der Waals surface area contributed by atoms with Gasteiger partial charge in [-0.2, -0.15) is 18.4 Å². The third-order valence-corrected chi connectivity index (χ3v) is 8.59. The van der Waals surface area contributed by atoms with E-state index in [1.165, 1.54) is 33.4 Å². The Hall–Kier alpha value is -3.70. The van der Waals surface area contributed by atoms with Crippen LogP contribution in [0, 0.1) is 6.92 Å². The normalized spacial score (nSPS) is 14.3. The smallest absolute Gasteiger partial charge is 0.200 e. The quantitative estimate of drug-likeness (QED) is 0.250. The Kier molecular flexibility index (Phi) is 7.75. The molecule has 0 spiro atoms. The van der Waals surface area contributed by atoms with Crippen LogP contribution < -0.4 is 4.83 Å². The summed E-state index contributed by atoms with van der Waals surface area (Å²) in [5, 5.41) is 4.35. The summed E-state index contributed by atoms with van der Waals surface area (Å²) in [6, 6.07) is 31.2. The van der Waals surface area contributed by atoms with E-state index in [4.69, 9.17) is 0 Å². The van der Waals surface area contributed by atoms with Crippen molar-refractivity contribution in [2.24, 2.45) is 5.10 Å². The van der Waals surface area contributed by atoms with Crippen molar-refractivity contribution in [3.05, 3.63) is 136 Å². The van der Waals surface area contributed by atoms with Gasteiger partial charge in [-0.25, -0.2) is 0 Å². The number of hydrogen-bond donors (Lipinski definition) is 1. The minimum absolute atomic E-state index is 0.205. The van der Waals surface area contributed by atoms with Crippen molar-refractivity contribution in [1.82, 2.24) is 4.83 Å². The summed E-state index contributed by atoms with van der Waals surface area (Å²) in [7, 11) is -3.74. The van der Waals surface area contributed by atoms with E-state index in [0.717, 1.165) is 49.7 Å². The number of nitrogens with one attached hydrogen (secondary N) is 1. The summed E-state index contributed by atoms with van der Waals surface area (Å²) < 4.78 is 25.7. The molecule has 10 rings (SSSR count). The summed E-state index contributed by atoms with van der Waals surface area (Å²) in [6.45, 7) is 3.80. The first kappa shape index (κ1) is 25.9. The van der Waals surface area contributed by atoms with Crippen LogP contribution in [0.1, 0.15) is 51.4 Å². The number of benzene rings is 4. The van der Waals surface area contributed by atoms with Gasteiger partial charge < -0.3 is 0 Å². The fourth-order valence-electron chi connectivity index (χ4n) is 4.89. The van der Waals surface area contributed by atoms with Crippen LogP contribution >= 0.6 is 0 Å². The molecular formula is C33H34N2O2S. The van der Waals surface area contributed by atoms with E-state index < -0.39 is 10.0 Å². The Morgan fingerprint density at radius 3 is 1.61 bits per heavy atom. The summed E-state index contributed by atoms with van der Waals surface area (Å²) in [5.41, 5.74) is 10.4. The lowest BCUT2D eigenvalue weighted by atomic mass is 9.93. The second kappa shape index (κ2) is 11.4. The van der Waals surface area contributed by atoms with Gasteiger partial charge in [0.05, 0.1) is 10.6 Å². The number of aryl methyl sites for hydroxylation is 7. The minimum atomic E-state index is -3.74. The fourth-order valence-corrected chi connectivity index (χ4v) is 5.75. The van der Waals surface area contributed by atoms with Gasteiger partial charge in [-0.3, -0.25) is 0 Å². The Morgan fingerprint density at radius 2 is 1.08 bits per heavy atom. The average molecular weight is 523 g/mol. The minimum Gasteiger partial charge on any atom is -0.200 e. The van der Waals surface area contributed by atoms with E-state index in [9.17, 15) is 8.42 Å². The van der Waals surface area contributed by atoms with Crippen LogP contribution in [0.5, 0.6) is 0 Å². The van der Waals surface area contributed by atoms with Crippen molar-refractivity contribution < 1.29 is 8.42 Å². The van der Waals surface area contributed by atoms with Gasteiger partial charge in [0.15, 0.2) is 0 Å². The van der Waals surface area contributed by atoms with Gasteiger partial charge >= 0.3 is 0 Å². The van der Waals surface area contributed by atoms with Gasteiger partial charge in [-0.15, -0.1) is 0 Å². The lowest BCUT2D eigenvalue weighted by Crippen LogP contribution is -2.20. The Labute approximate surface area is 226 Å². The fraction of sp³-hybridized carbons (Fsp3) is 0.242. The Balaban J connectivity index is 1.45. The lowest BCUT2D eigenvalue weighted by Gasteiger charge is -2.14. The van der Waals surface area contributed by atoms with E-state index in [-0.39, 0.29) is 4.90 Å². The van der Waals surface area contributed by atoms with Crippen molar-refractivity contribution in [2.75, 3.05) is 0 Å². The average Bonchev–Trinajstić information content (AvgIpc) is 2.94. The van der Waals surface area contributed by atoms with Gasteiger partial charge in [0, 0.05) is 5.56 Å². The van der Waals surface area contributed by atoms with Gasteiger partial charge in [0.1, 0.15) is 0 Å². The molecule has 0 heterocycles. The highest BCUT2D eigenvalue weighted by molar-refractivity contribution is 7.89. The van der Waals surface area contributed by atoms with E-state index in [1.54, 1.807) is 24.3 Å². The second-order valence-corrected chi connectivity index (χ2v) is 11.9. The van der Waals surface area contributed by atoms with Crippen molar-refractivity contribution in [1.29, 1.82) is 0 Å². The largest absolute Gasteiger partial charge is 0.276 e. The molecule has 0 aromatic heterocycles. The molecule has 0 saturated carbocycles. The van der Waals surface area contributed by atoms with Crippen LogP contribution in [-0.4, -0.2) is 14.1 Å². The van der Waals surface area contributed by atoms with E-state index in [1.807, 2.05) is 13.8 Å². The van der Waals surface area contributed by atoms with Crippen molar-refractivity contribution in [2.45, 2.75) is 57.3 Å². The first-order chi connectivity index (χ1) is 18.4. The molecule has 0 amide bonds. The molecule has 5 heteroatoms. The molecule has 6 aliphatic carbocycles. The standard InChI is InChI=1S/C33H34N2O2S/c1-24-3-21-32(22-4-24)38(36,37)35-34-25(2)33-23-30-16-15-28-9-7-26(8-10-28)5-6-27-11-13-29(14-12-27)17-19-31(33)20-18-30/h3-4,7-14,18,20-23,35H,5-6,15-17,19H2,1-2H3. The number of nitrogens with zero attached hydrogens (tertiary/aromatic N) is 1. The highest BCUT2D eigenvalue weighted by atomic mass is 32.2. The van der Waals surface area contributed by atoms with Crippen LogP contribution in [0.4, 0.5) is 0 Å². The maximum absolute atomic E-state index is 12.8. The van der Waals surface area contributed by atoms with Crippen molar-refractivity contribution in [3.8, 4) is 0 Å². The number of sulfonamides is 1. The molecule has 4 aromatic rings. The molecule has 0 unspecified atom stereocenters. The molecular weight excluding hydrogens is 488 g/mol. The number of hydrazone groups is 1. The van der Waals surface area contributed by atoms with Crippen LogP contribution in [-0.2, 0) is 48.5 Å². The predicted molar refractivity (Wildman–Crippen MR) is 155 cm³/mol. The SMILES string of the molecule is CC(=NNS(=O)(=O)c1ccc(C)cc1)c1cc2ccc1CCc1ccc(cc1)CCc1ccc(cc1)CC2. The summed E-state index contributed by atoms with van der Waals surface area (Å²) >= 11 is 0. The van der Waals surface area contributed by atoms with Crippen LogP contribution in [0.15, 0.2) is 101 Å². The Bertz CT molecular complexity index is 1540. The van der Waals surface area contributed by atoms with Crippen LogP contribution in [0.25, 0.3) is 0 Å². The zero-order chi connectivity index (χ0) is 26.5. The maximum Gasteiger partial charge on any atom is 0.276 e. The molecule has 6 aliphatic rings. The molecule has 6 bridgehead atoms. The lowest BCUT2D eigenvalue weighted by molar-refractivity contribution is 0.584. The molecule has 0 fully saturated rings. The molecule has 1 N–H and O–H groups in total. The monoisotopic (exact) mass is 522 g/mol. The third-order valence-electron chi connectivity index (χ3n) is 7.36. The molecule has 194 valence electrons. The van der Waals surface area contributed by atoms with Crippen molar-refractivity contribution in [3.63, 3.8) is 0 Å². The first-order valence-corrected chi connectivity index (χ1v) is 14.7. The highest BCUT2D eigenvalue weighted by Gasteiger charge is 2.14. The van der Waals surface area contributed by atoms with E-state index >= 15 is 0 Å². The molecule has 0 radical (unpaired) electrons. The molecule has 38 heavy (non-hydrogen) atoms. The van der Waals surface area contributed by atoms with Gasteiger partial charge in [0.2, 0.25) is 0 Å². The zero-order valence-corrected chi connectivity index (χ0v) is 22.9. The first-order valence-electron chi connectivity index (χ1n) is 13.3. The van der Waals surface area contributed by atoms with Crippen molar-refractivity contribution >= 4 is 15.7 Å². The summed E-state index contributed by atoms with van der Waals surface area (Å²) in [4.78, 5) is 2.65. The molecule has 0 aliphatic heterocycles. The van der Waals surface area contributed by atoms with Crippen LogP contribution in [0.3, 0.4) is 0 Å². The maximum atomic E-state index is 12.8. The van der Waals surface area contributed by atoms with Gasteiger partial charge in [-0.05, 0) is 104 Å². The number of hydrogen-bond acceptors (Lipinski definition) is 3. The van der Waals surface area contributed by atoms with Gasteiger partial charge in [0.25, 0.3) is 10.0 Å². The summed E-state index contributed by atoms with van der Waals surface area (Å²) in [5.74, 6) is 0. The topological polar surface area (TPSA) is 58.5 Å². The van der Waals surface area contributed by atoms with E-state index in [2.05, 4.69) is 76.7 Å². The molecule has 0 atom stereocenters. The molecule has 4 aromatic carbocycles. The third kappa shape index (κ3) is 6.40. The van der Waals surface area contributed by atoms with E-state index in [0.29, 0.717) is 5.71 Å². The molecule has 4 nitrogen and oxygen atoms in total. The number of rotatable bonds is 4. The zero-order valence-electron chi connectivity index (χ0n) is 22.1. The van der Waals surface area contributed by atoms with Crippen LogP contribution in [0.2, 0.25) is 0 Å².